The highest BCUT2D eigenvalue weighted by molar-refractivity contribution is 7.17. The van der Waals surface area contributed by atoms with Crippen molar-refractivity contribution in [3.05, 3.63) is 37.5 Å². The summed E-state index contributed by atoms with van der Waals surface area (Å²) in [6.07, 6.45) is 4.45. The van der Waals surface area contributed by atoms with Crippen molar-refractivity contribution < 1.29 is 19.2 Å². The summed E-state index contributed by atoms with van der Waals surface area (Å²) < 4.78 is 6.64. The third kappa shape index (κ3) is 4.31. The average molecular weight is 420 g/mol. The summed E-state index contributed by atoms with van der Waals surface area (Å²) in [5.74, 6) is -0.808. The first kappa shape index (κ1) is 21.0. The van der Waals surface area contributed by atoms with Gasteiger partial charge in [0.2, 0.25) is 5.91 Å². The standard InChI is InChI=1S/C19H24N4O5S/c1-4-9-28-19(25)16-13-7-5-6-8-14(13)29-18(16)20-15(24)10-22-12(3)17(23(26)27)11(2)21-22/h4-10H2,1-3H3,(H,20,24). The summed E-state index contributed by atoms with van der Waals surface area (Å²) in [5, 5.41) is 18.5. The predicted octanol–water partition coefficient (Wildman–Crippen LogP) is 3.55. The van der Waals surface area contributed by atoms with Gasteiger partial charge in [0, 0.05) is 4.88 Å². The van der Waals surface area contributed by atoms with Gasteiger partial charge in [-0.25, -0.2) is 4.79 Å². The zero-order valence-corrected chi connectivity index (χ0v) is 17.6. The van der Waals surface area contributed by atoms with Crippen molar-refractivity contribution >= 4 is 33.9 Å². The third-order valence-electron chi connectivity index (χ3n) is 4.88. The number of hydrogen-bond donors (Lipinski definition) is 1. The van der Waals surface area contributed by atoms with Gasteiger partial charge in [0.25, 0.3) is 0 Å². The number of nitrogens with one attached hydrogen (secondary N) is 1. The van der Waals surface area contributed by atoms with Crippen molar-refractivity contribution in [2.75, 3.05) is 11.9 Å². The average Bonchev–Trinajstić information content (AvgIpc) is 3.16. The summed E-state index contributed by atoms with van der Waals surface area (Å²) in [5.41, 5.74) is 1.91. The normalized spacial score (nSPS) is 13.1. The second kappa shape index (κ2) is 8.73. The molecule has 9 nitrogen and oxygen atoms in total. The number of carbonyl (C=O) groups excluding carboxylic acids is 2. The van der Waals surface area contributed by atoms with E-state index in [4.69, 9.17) is 4.74 Å². The van der Waals surface area contributed by atoms with Crippen LogP contribution in [0.4, 0.5) is 10.7 Å². The maximum Gasteiger partial charge on any atom is 0.341 e. The number of carbonyl (C=O) groups is 2. The SMILES string of the molecule is CCCOC(=O)c1c(NC(=O)Cn2nc(C)c([N+](=O)[O-])c2C)sc2c1CCCC2. The van der Waals surface area contributed by atoms with Gasteiger partial charge in [-0.05, 0) is 51.5 Å². The molecule has 0 atom stereocenters. The van der Waals surface area contributed by atoms with Crippen molar-refractivity contribution in [2.45, 2.75) is 59.4 Å². The van der Waals surface area contributed by atoms with E-state index in [-0.39, 0.29) is 17.9 Å². The van der Waals surface area contributed by atoms with Crippen LogP contribution in [0, 0.1) is 24.0 Å². The van der Waals surface area contributed by atoms with Crippen LogP contribution in [0.1, 0.15) is 58.4 Å². The van der Waals surface area contributed by atoms with Crippen molar-refractivity contribution in [1.29, 1.82) is 0 Å². The Morgan fingerprint density at radius 3 is 2.69 bits per heavy atom. The molecule has 2 heterocycles. The molecule has 1 N–H and O–H groups in total. The lowest BCUT2D eigenvalue weighted by Crippen LogP contribution is -2.21. The second-order valence-corrected chi connectivity index (χ2v) is 8.14. The van der Waals surface area contributed by atoms with Crippen LogP contribution < -0.4 is 5.32 Å². The number of amides is 1. The highest BCUT2D eigenvalue weighted by Crippen LogP contribution is 2.38. The number of rotatable bonds is 7. The smallest absolute Gasteiger partial charge is 0.341 e. The van der Waals surface area contributed by atoms with Gasteiger partial charge in [-0.15, -0.1) is 11.3 Å². The second-order valence-electron chi connectivity index (χ2n) is 7.03. The number of aromatic nitrogens is 2. The molecule has 156 valence electrons. The van der Waals surface area contributed by atoms with Gasteiger partial charge in [-0.2, -0.15) is 5.10 Å². The fourth-order valence-electron chi connectivity index (χ4n) is 3.54. The summed E-state index contributed by atoms with van der Waals surface area (Å²) in [6.45, 7) is 5.17. The van der Waals surface area contributed by atoms with E-state index in [0.29, 0.717) is 22.9 Å². The molecule has 0 fully saturated rings. The number of nitrogens with zero attached hydrogens (tertiary/aromatic N) is 3. The molecular formula is C19H24N4O5S. The van der Waals surface area contributed by atoms with E-state index in [9.17, 15) is 19.7 Å². The number of aryl methyl sites for hydroxylation is 2. The third-order valence-corrected chi connectivity index (χ3v) is 6.09. The number of ether oxygens (including phenoxy) is 1. The molecule has 0 aliphatic heterocycles. The van der Waals surface area contributed by atoms with E-state index in [1.54, 1.807) is 6.92 Å². The molecule has 1 aliphatic rings. The predicted molar refractivity (Wildman–Crippen MR) is 109 cm³/mol. The molecule has 3 rings (SSSR count). The minimum atomic E-state index is -0.499. The van der Waals surface area contributed by atoms with Crippen LogP contribution in [0.2, 0.25) is 0 Å². The minimum absolute atomic E-state index is 0.0896. The molecule has 0 spiro atoms. The van der Waals surface area contributed by atoms with Crippen LogP contribution in [-0.4, -0.2) is 33.2 Å². The van der Waals surface area contributed by atoms with Crippen molar-refractivity contribution in [3.63, 3.8) is 0 Å². The van der Waals surface area contributed by atoms with E-state index in [1.807, 2.05) is 6.92 Å². The lowest BCUT2D eigenvalue weighted by Gasteiger charge is -2.12. The highest BCUT2D eigenvalue weighted by atomic mass is 32.1. The summed E-state index contributed by atoms with van der Waals surface area (Å²) in [6, 6.07) is 0. The molecule has 0 saturated heterocycles. The zero-order chi connectivity index (χ0) is 21.1. The number of anilines is 1. The van der Waals surface area contributed by atoms with E-state index in [1.165, 1.54) is 22.9 Å². The number of fused-ring (bicyclic) bond motifs is 1. The molecule has 2 aromatic rings. The Bertz CT molecular complexity index is 962. The molecule has 0 bridgehead atoms. The first-order valence-corrected chi connectivity index (χ1v) is 10.4. The minimum Gasteiger partial charge on any atom is -0.462 e. The molecule has 10 heteroatoms. The van der Waals surface area contributed by atoms with Gasteiger partial charge in [-0.1, -0.05) is 6.92 Å². The summed E-state index contributed by atoms with van der Waals surface area (Å²) >= 11 is 1.41. The van der Waals surface area contributed by atoms with E-state index in [2.05, 4.69) is 10.4 Å². The van der Waals surface area contributed by atoms with E-state index in [0.717, 1.165) is 42.5 Å². The molecule has 2 aromatic heterocycles. The van der Waals surface area contributed by atoms with Crippen LogP contribution >= 0.6 is 11.3 Å². The summed E-state index contributed by atoms with van der Waals surface area (Å²) in [4.78, 5) is 37.0. The maximum atomic E-state index is 12.6. The number of nitro groups is 1. The Balaban J connectivity index is 1.83. The monoisotopic (exact) mass is 420 g/mol. The number of thiophene rings is 1. The topological polar surface area (TPSA) is 116 Å². The fraction of sp³-hybridized carbons (Fsp3) is 0.526. The van der Waals surface area contributed by atoms with Gasteiger partial charge in [0.15, 0.2) is 0 Å². The first-order valence-electron chi connectivity index (χ1n) is 9.63. The van der Waals surface area contributed by atoms with Gasteiger partial charge < -0.3 is 10.1 Å². The van der Waals surface area contributed by atoms with Crippen LogP contribution in [0.25, 0.3) is 0 Å². The highest BCUT2D eigenvalue weighted by Gasteiger charge is 2.28. The van der Waals surface area contributed by atoms with Crippen LogP contribution in [0.15, 0.2) is 0 Å². The Hall–Kier alpha value is -2.75. The van der Waals surface area contributed by atoms with Gasteiger partial charge in [0.05, 0.1) is 17.1 Å². The Kier molecular flexibility index (Phi) is 6.31. The van der Waals surface area contributed by atoms with Crippen molar-refractivity contribution in [3.8, 4) is 0 Å². The molecular weight excluding hydrogens is 396 g/mol. The number of hydrogen-bond acceptors (Lipinski definition) is 7. The molecule has 29 heavy (non-hydrogen) atoms. The lowest BCUT2D eigenvalue weighted by molar-refractivity contribution is -0.386. The Morgan fingerprint density at radius 1 is 1.31 bits per heavy atom. The largest absolute Gasteiger partial charge is 0.462 e. The van der Waals surface area contributed by atoms with Crippen LogP contribution in [0.3, 0.4) is 0 Å². The molecule has 1 aliphatic carbocycles. The molecule has 0 aromatic carbocycles. The van der Waals surface area contributed by atoms with Gasteiger partial charge in [-0.3, -0.25) is 19.6 Å². The van der Waals surface area contributed by atoms with Crippen LogP contribution in [-0.2, 0) is 28.9 Å². The Morgan fingerprint density at radius 2 is 2.03 bits per heavy atom. The van der Waals surface area contributed by atoms with Crippen molar-refractivity contribution in [2.24, 2.45) is 0 Å². The van der Waals surface area contributed by atoms with Crippen LogP contribution in [0.5, 0.6) is 0 Å². The first-order chi connectivity index (χ1) is 13.8. The maximum absolute atomic E-state index is 12.6. The Labute approximate surface area is 172 Å². The molecule has 0 radical (unpaired) electrons. The lowest BCUT2D eigenvalue weighted by atomic mass is 9.95. The molecule has 0 unspecified atom stereocenters. The zero-order valence-electron chi connectivity index (χ0n) is 16.7. The van der Waals surface area contributed by atoms with Gasteiger partial charge in [0.1, 0.15) is 22.9 Å². The molecule has 1 amide bonds. The quantitative estimate of drug-likeness (QED) is 0.416. The van der Waals surface area contributed by atoms with Crippen molar-refractivity contribution in [1.82, 2.24) is 9.78 Å². The van der Waals surface area contributed by atoms with E-state index < -0.39 is 16.8 Å². The molecule has 0 saturated carbocycles. The fourth-order valence-corrected chi connectivity index (χ4v) is 4.84. The van der Waals surface area contributed by atoms with Gasteiger partial charge >= 0.3 is 11.7 Å². The summed E-state index contributed by atoms with van der Waals surface area (Å²) in [7, 11) is 0. The van der Waals surface area contributed by atoms with E-state index >= 15 is 0 Å². The number of esters is 1.